The Morgan fingerprint density at radius 2 is 2.29 bits per heavy atom. The predicted octanol–water partition coefficient (Wildman–Crippen LogP) is 1.88. The largest absolute Gasteiger partial charge is 0.381 e. The van der Waals surface area contributed by atoms with E-state index < -0.39 is 0 Å². The van der Waals surface area contributed by atoms with Gasteiger partial charge in [-0.1, -0.05) is 0 Å². The minimum Gasteiger partial charge on any atom is -0.381 e. The third kappa shape index (κ3) is 2.33. The molecule has 1 aromatic heterocycles. The van der Waals surface area contributed by atoms with Crippen LogP contribution in [0.3, 0.4) is 0 Å². The Bertz CT molecular complexity index is 386. The molecule has 0 radical (unpaired) electrons. The van der Waals surface area contributed by atoms with Crippen LogP contribution in [0.5, 0.6) is 0 Å². The topological polar surface area (TPSA) is 39.9 Å². The second kappa shape index (κ2) is 4.43. The van der Waals surface area contributed by atoms with E-state index in [1.54, 1.807) is 12.4 Å². The van der Waals surface area contributed by atoms with Gasteiger partial charge in [0.2, 0.25) is 0 Å². The summed E-state index contributed by atoms with van der Waals surface area (Å²) in [6.07, 6.45) is 5.24. The summed E-state index contributed by atoms with van der Waals surface area (Å²) in [6, 6.07) is 3.95. The zero-order chi connectivity index (χ0) is 10.6. The van der Waals surface area contributed by atoms with E-state index in [4.69, 9.17) is 5.26 Å². The number of allylic oxidation sites excluding steroid dienone is 1. The highest BCUT2D eigenvalue weighted by Gasteiger charge is 1.99. The molecule has 1 aromatic rings. The monoisotopic (exact) mass is 187 g/mol. The molecule has 0 spiro atoms. The highest BCUT2D eigenvalue weighted by Crippen LogP contribution is 2.11. The van der Waals surface area contributed by atoms with Gasteiger partial charge in [0.05, 0.1) is 5.56 Å². The zero-order valence-electron chi connectivity index (χ0n) is 8.65. The van der Waals surface area contributed by atoms with Gasteiger partial charge in [0.15, 0.2) is 0 Å². The first kappa shape index (κ1) is 10.3. The van der Waals surface area contributed by atoms with Crippen LogP contribution in [0.25, 0.3) is 6.08 Å². The molecule has 0 saturated carbocycles. The van der Waals surface area contributed by atoms with Crippen molar-refractivity contribution in [3.05, 3.63) is 35.3 Å². The van der Waals surface area contributed by atoms with Crippen molar-refractivity contribution >= 4 is 6.08 Å². The molecule has 0 atom stereocenters. The summed E-state index contributed by atoms with van der Waals surface area (Å²) >= 11 is 0. The number of hydrogen-bond donors (Lipinski definition) is 0. The molecule has 0 aliphatic heterocycles. The van der Waals surface area contributed by atoms with E-state index in [2.05, 4.69) is 11.1 Å². The fourth-order valence-electron chi connectivity index (χ4n) is 0.979. The first-order chi connectivity index (χ1) is 6.65. The van der Waals surface area contributed by atoms with Crippen LogP contribution in [-0.2, 0) is 0 Å². The van der Waals surface area contributed by atoms with Crippen LogP contribution in [0, 0.1) is 11.3 Å². The second-order valence-corrected chi connectivity index (χ2v) is 3.25. The first-order valence-corrected chi connectivity index (χ1v) is 4.35. The molecular formula is C11H13N3. The van der Waals surface area contributed by atoms with Gasteiger partial charge >= 0.3 is 0 Å². The predicted molar refractivity (Wildman–Crippen MR) is 56.3 cm³/mol. The molecule has 0 N–H and O–H groups in total. The Balaban J connectivity index is 3.09. The highest BCUT2D eigenvalue weighted by molar-refractivity contribution is 5.58. The molecular weight excluding hydrogens is 174 g/mol. The van der Waals surface area contributed by atoms with Crippen molar-refractivity contribution in [1.82, 2.24) is 9.88 Å². The SMILES string of the molecule is C/C(=C\c1ccncc1C#N)N(C)C. The van der Waals surface area contributed by atoms with Crippen molar-refractivity contribution in [1.29, 1.82) is 5.26 Å². The summed E-state index contributed by atoms with van der Waals surface area (Å²) in [6.45, 7) is 2.00. The van der Waals surface area contributed by atoms with Crippen LogP contribution in [0.2, 0.25) is 0 Å². The average Bonchev–Trinajstić information content (AvgIpc) is 2.18. The van der Waals surface area contributed by atoms with Crippen molar-refractivity contribution in [2.45, 2.75) is 6.92 Å². The van der Waals surface area contributed by atoms with Crippen molar-refractivity contribution in [3.8, 4) is 6.07 Å². The molecule has 1 heterocycles. The Morgan fingerprint density at radius 1 is 1.57 bits per heavy atom. The number of nitrogens with zero attached hydrogens (tertiary/aromatic N) is 3. The van der Waals surface area contributed by atoms with Gasteiger partial charge < -0.3 is 4.90 Å². The lowest BCUT2D eigenvalue weighted by Crippen LogP contribution is -2.07. The van der Waals surface area contributed by atoms with Gasteiger partial charge in [0, 0.05) is 32.2 Å². The van der Waals surface area contributed by atoms with E-state index in [1.807, 2.05) is 38.1 Å². The van der Waals surface area contributed by atoms with Crippen LogP contribution in [0.15, 0.2) is 24.2 Å². The third-order valence-electron chi connectivity index (χ3n) is 2.05. The lowest BCUT2D eigenvalue weighted by Gasteiger charge is -2.12. The number of nitriles is 1. The summed E-state index contributed by atoms with van der Waals surface area (Å²) in [7, 11) is 3.94. The maximum Gasteiger partial charge on any atom is 0.101 e. The van der Waals surface area contributed by atoms with Crippen molar-refractivity contribution in [2.75, 3.05) is 14.1 Å². The molecule has 0 amide bonds. The fourth-order valence-corrected chi connectivity index (χ4v) is 0.979. The minimum atomic E-state index is 0.605. The molecule has 1 rings (SSSR count). The van der Waals surface area contributed by atoms with Gasteiger partial charge in [-0.2, -0.15) is 5.26 Å². The van der Waals surface area contributed by atoms with Crippen LogP contribution >= 0.6 is 0 Å². The Labute approximate surface area is 84.3 Å². The fraction of sp³-hybridized carbons (Fsp3) is 0.273. The molecule has 0 bridgehead atoms. The van der Waals surface area contributed by atoms with Gasteiger partial charge in [0.25, 0.3) is 0 Å². The molecule has 0 unspecified atom stereocenters. The van der Waals surface area contributed by atoms with E-state index in [9.17, 15) is 0 Å². The van der Waals surface area contributed by atoms with Gasteiger partial charge in [-0.25, -0.2) is 0 Å². The molecule has 3 nitrogen and oxygen atoms in total. The smallest absolute Gasteiger partial charge is 0.101 e. The van der Waals surface area contributed by atoms with Gasteiger partial charge in [-0.15, -0.1) is 0 Å². The van der Waals surface area contributed by atoms with Gasteiger partial charge in [0.1, 0.15) is 6.07 Å². The molecule has 0 aliphatic rings. The van der Waals surface area contributed by atoms with E-state index in [-0.39, 0.29) is 0 Å². The lowest BCUT2D eigenvalue weighted by molar-refractivity contribution is 0.518. The zero-order valence-corrected chi connectivity index (χ0v) is 8.65. The molecule has 72 valence electrons. The normalized spacial score (nSPS) is 10.9. The van der Waals surface area contributed by atoms with E-state index in [0.717, 1.165) is 11.3 Å². The van der Waals surface area contributed by atoms with Crippen molar-refractivity contribution in [2.24, 2.45) is 0 Å². The number of pyridine rings is 1. The molecule has 0 aromatic carbocycles. The van der Waals surface area contributed by atoms with Gasteiger partial charge in [-0.05, 0) is 24.6 Å². The van der Waals surface area contributed by atoms with Crippen LogP contribution in [-0.4, -0.2) is 24.0 Å². The molecule has 0 aliphatic carbocycles. The average molecular weight is 187 g/mol. The summed E-state index contributed by atoms with van der Waals surface area (Å²) in [4.78, 5) is 5.90. The van der Waals surface area contributed by atoms with Crippen molar-refractivity contribution < 1.29 is 0 Å². The number of rotatable bonds is 2. The van der Waals surface area contributed by atoms with E-state index in [1.165, 1.54) is 0 Å². The van der Waals surface area contributed by atoms with Crippen LogP contribution in [0.4, 0.5) is 0 Å². The lowest BCUT2D eigenvalue weighted by atomic mass is 10.1. The van der Waals surface area contributed by atoms with Gasteiger partial charge in [-0.3, -0.25) is 4.98 Å². The molecule has 0 saturated heterocycles. The maximum absolute atomic E-state index is 8.84. The first-order valence-electron chi connectivity index (χ1n) is 4.35. The number of hydrogen-bond acceptors (Lipinski definition) is 3. The molecule has 0 fully saturated rings. The summed E-state index contributed by atoms with van der Waals surface area (Å²) in [5, 5.41) is 8.84. The van der Waals surface area contributed by atoms with E-state index >= 15 is 0 Å². The second-order valence-electron chi connectivity index (χ2n) is 3.25. The minimum absolute atomic E-state index is 0.605. The number of aromatic nitrogens is 1. The molecule has 14 heavy (non-hydrogen) atoms. The highest BCUT2D eigenvalue weighted by atomic mass is 15.1. The maximum atomic E-state index is 8.84. The summed E-state index contributed by atoms with van der Waals surface area (Å²) < 4.78 is 0. The molecule has 3 heteroatoms. The Kier molecular flexibility index (Phi) is 3.24. The third-order valence-corrected chi connectivity index (χ3v) is 2.05. The standard InChI is InChI=1S/C11H13N3/c1-9(14(2)3)6-10-4-5-13-8-11(10)7-12/h4-6,8H,1-3H3/b9-6+. The summed E-state index contributed by atoms with van der Waals surface area (Å²) in [5.74, 6) is 0. The summed E-state index contributed by atoms with van der Waals surface area (Å²) in [5.41, 5.74) is 2.62. The van der Waals surface area contributed by atoms with Crippen LogP contribution < -0.4 is 0 Å². The Morgan fingerprint density at radius 3 is 2.86 bits per heavy atom. The quantitative estimate of drug-likeness (QED) is 0.709. The Hall–Kier alpha value is -1.82. The van der Waals surface area contributed by atoms with E-state index in [0.29, 0.717) is 5.56 Å². The van der Waals surface area contributed by atoms with Crippen molar-refractivity contribution in [3.63, 3.8) is 0 Å². The van der Waals surface area contributed by atoms with Crippen LogP contribution in [0.1, 0.15) is 18.1 Å².